The third kappa shape index (κ3) is 3.13. The first-order chi connectivity index (χ1) is 12.4. The average Bonchev–Trinajstić information content (AvgIpc) is 2.96. The van der Waals surface area contributed by atoms with Crippen molar-refractivity contribution in [3.63, 3.8) is 0 Å². The van der Waals surface area contributed by atoms with Gasteiger partial charge in [0, 0.05) is 28.2 Å². The fourth-order valence-electron chi connectivity index (χ4n) is 2.97. The molecule has 0 unspecified atom stereocenters. The van der Waals surface area contributed by atoms with Gasteiger partial charge in [-0.3, -0.25) is 9.59 Å². The summed E-state index contributed by atoms with van der Waals surface area (Å²) >= 11 is 0. The molecule has 3 N–H and O–H groups in total. The van der Waals surface area contributed by atoms with E-state index in [9.17, 15) is 9.59 Å². The molecule has 0 spiro atoms. The summed E-state index contributed by atoms with van der Waals surface area (Å²) in [7, 11) is 1.51. The molecule has 0 aliphatic heterocycles. The predicted octanol–water partition coefficient (Wildman–Crippen LogP) is 3.23. The minimum atomic E-state index is -0.807. The summed E-state index contributed by atoms with van der Waals surface area (Å²) in [5.74, 6) is -0.0908. The molecule has 0 saturated heterocycles. The molecule has 3 aromatic rings. The van der Waals surface area contributed by atoms with Gasteiger partial charge in [0.15, 0.2) is 6.10 Å². The molecule has 26 heavy (non-hydrogen) atoms. The number of ether oxygens (including phenoxy) is 2. The predicted molar refractivity (Wildman–Crippen MR) is 99.0 cm³/mol. The monoisotopic (exact) mass is 352 g/mol. The second-order valence-corrected chi connectivity index (χ2v) is 6.02. The maximum Gasteiger partial charge on any atom is 0.252 e. The Hall–Kier alpha value is -3.28. The van der Waals surface area contributed by atoms with Crippen LogP contribution in [0.15, 0.2) is 42.5 Å². The van der Waals surface area contributed by atoms with E-state index in [0.717, 1.165) is 16.6 Å². The van der Waals surface area contributed by atoms with E-state index in [1.54, 1.807) is 19.1 Å². The summed E-state index contributed by atoms with van der Waals surface area (Å²) in [6.45, 7) is 3.49. The number of rotatable bonds is 6. The Bertz CT molecular complexity index is 991. The molecule has 1 aromatic heterocycles. The Kier molecular flexibility index (Phi) is 4.67. The second-order valence-electron chi connectivity index (χ2n) is 6.02. The number of carbonyl (C=O) groups is 2. The highest BCUT2D eigenvalue weighted by Gasteiger charge is 2.24. The lowest BCUT2D eigenvalue weighted by atomic mass is 10.0. The van der Waals surface area contributed by atoms with Gasteiger partial charge in [-0.25, -0.2) is 0 Å². The van der Waals surface area contributed by atoms with Gasteiger partial charge in [-0.2, -0.15) is 0 Å². The first-order valence-electron chi connectivity index (χ1n) is 8.18. The van der Waals surface area contributed by atoms with Crippen molar-refractivity contribution in [3.05, 3.63) is 59.3 Å². The maximum absolute atomic E-state index is 13.0. The lowest BCUT2D eigenvalue weighted by Gasteiger charge is -2.16. The van der Waals surface area contributed by atoms with E-state index in [1.807, 2.05) is 31.2 Å². The van der Waals surface area contributed by atoms with Crippen LogP contribution in [0.5, 0.6) is 11.5 Å². The van der Waals surface area contributed by atoms with E-state index in [2.05, 4.69) is 4.98 Å². The number of carbonyl (C=O) groups excluding carboxylic acids is 2. The van der Waals surface area contributed by atoms with Crippen LogP contribution in [0, 0.1) is 6.92 Å². The summed E-state index contributed by atoms with van der Waals surface area (Å²) in [6, 6.07) is 12.3. The first-order valence-corrected chi connectivity index (χ1v) is 8.18. The van der Waals surface area contributed by atoms with Crippen LogP contribution in [0.2, 0.25) is 0 Å². The molecule has 0 bridgehead atoms. The van der Waals surface area contributed by atoms with Crippen LogP contribution < -0.4 is 15.2 Å². The lowest BCUT2D eigenvalue weighted by molar-refractivity contribution is 0.0811. The molecule has 3 rings (SSSR count). The molecule has 1 heterocycles. The lowest BCUT2D eigenvalue weighted by Crippen LogP contribution is -2.26. The number of Topliss-reactive ketones (excluding diaryl/α,β-unsaturated/α-hetero) is 1. The Morgan fingerprint density at radius 3 is 2.58 bits per heavy atom. The van der Waals surface area contributed by atoms with Crippen molar-refractivity contribution in [3.8, 4) is 11.5 Å². The number of ketones is 1. The summed E-state index contributed by atoms with van der Waals surface area (Å²) in [5.41, 5.74) is 7.84. The first kappa shape index (κ1) is 17.5. The molecule has 6 nitrogen and oxygen atoms in total. The van der Waals surface area contributed by atoms with Crippen LogP contribution in [-0.4, -0.2) is 29.9 Å². The van der Waals surface area contributed by atoms with E-state index in [-0.39, 0.29) is 17.1 Å². The number of nitrogens with two attached hydrogens (primary N) is 1. The van der Waals surface area contributed by atoms with Crippen molar-refractivity contribution in [1.82, 2.24) is 4.98 Å². The number of hydrogen-bond acceptors (Lipinski definition) is 4. The molecule has 1 amide bonds. The van der Waals surface area contributed by atoms with E-state index in [0.29, 0.717) is 11.3 Å². The number of aromatic amines is 1. The largest absolute Gasteiger partial charge is 0.497 e. The van der Waals surface area contributed by atoms with Gasteiger partial charge in [-0.1, -0.05) is 18.2 Å². The van der Waals surface area contributed by atoms with Gasteiger partial charge in [0.1, 0.15) is 11.5 Å². The fourth-order valence-corrected chi connectivity index (χ4v) is 2.97. The highest BCUT2D eigenvalue weighted by atomic mass is 16.5. The third-order valence-electron chi connectivity index (χ3n) is 4.27. The number of amides is 1. The van der Waals surface area contributed by atoms with Crippen LogP contribution in [0.1, 0.15) is 33.3 Å². The summed E-state index contributed by atoms with van der Waals surface area (Å²) in [6.07, 6.45) is -0.807. The van der Waals surface area contributed by atoms with Gasteiger partial charge < -0.3 is 20.2 Å². The summed E-state index contributed by atoms with van der Waals surface area (Å²) < 4.78 is 11.0. The molecular formula is C20H20N2O4. The van der Waals surface area contributed by atoms with Crippen molar-refractivity contribution in [1.29, 1.82) is 0 Å². The minimum Gasteiger partial charge on any atom is -0.497 e. The molecule has 0 aliphatic carbocycles. The SMILES string of the molecule is COc1ccc(C(N)=O)c(O[C@@H](C)C(=O)c2c(C)[nH]c3ccccc23)c1. The van der Waals surface area contributed by atoms with Crippen molar-refractivity contribution < 1.29 is 19.1 Å². The van der Waals surface area contributed by atoms with Crippen molar-refractivity contribution >= 4 is 22.6 Å². The molecule has 0 saturated carbocycles. The van der Waals surface area contributed by atoms with E-state index < -0.39 is 12.0 Å². The molecule has 134 valence electrons. The topological polar surface area (TPSA) is 94.4 Å². The minimum absolute atomic E-state index is 0.182. The number of benzene rings is 2. The number of hydrogen-bond donors (Lipinski definition) is 2. The second kappa shape index (κ2) is 6.92. The van der Waals surface area contributed by atoms with E-state index >= 15 is 0 Å². The molecule has 0 radical (unpaired) electrons. The summed E-state index contributed by atoms with van der Waals surface area (Å²) in [4.78, 5) is 27.8. The number of aromatic nitrogens is 1. The molecule has 2 aromatic carbocycles. The smallest absolute Gasteiger partial charge is 0.252 e. The molecule has 0 fully saturated rings. The van der Waals surface area contributed by atoms with Crippen LogP contribution in [0.25, 0.3) is 10.9 Å². The highest BCUT2D eigenvalue weighted by Crippen LogP contribution is 2.28. The van der Waals surface area contributed by atoms with Gasteiger partial charge in [0.2, 0.25) is 5.78 Å². The number of primary amides is 1. The number of aryl methyl sites for hydroxylation is 1. The van der Waals surface area contributed by atoms with Crippen LogP contribution >= 0.6 is 0 Å². The zero-order valence-corrected chi connectivity index (χ0v) is 14.8. The number of fused-ring (bicyclic) bond motifs is 1. The van der Waals surface area contributed by atoms with Crippen LogP contribution in [-0.2, 0) is 0 Å². The average molecular weight is 352 g/mol. The van der Waals surface area contributed by atoms with Crippen molar-refractivity contribution in [2.75, 3.05) is 7.11 Å². The number of methoxy groups -OCH3 is 1. The van der Waals surface area contributed by atoms with Crippen LogP contribution in [0.3, 0.4) is 0 Å². The van der Waals surface area contributed by atoms with Gasteiger partial charge in [-0.15, -0.1) is 0 Å². The fraction of sp³-hybridized carbons (Fsp3) is 0.200. The highest BCUT2D eigenvalue weighted by molar-refractivity contribution is 6.11. The number of H-pyrrole nitrogens is 1. The van der Waals surface area contributed by atoms with Crippen molar-refractivity contribution in [2.45, 2.75) is 20.0 Å². The third-order valence-corrected chi connectivity index (χ3v) is 4.27. The zero-order valence-electron chi connectivity index (χ0n) is 14.8. The molecular weight excluding hydrogens is 332 g/mol. The normalized spacial score (nSPS) is 12.0. The number of para-hydroxylation sites is 1. The Morgan fingerprint density at radius 1 is 1.15 bits per heavy atom. The van der Waals surface area contributed by atoms with Gasteiger partial charge in [-0.05, 0) is 32.0 Å². The quantitative estimate of drug-likeness (QED) is 0.666. The van der Waals surface area contributed by atoms with Crippen molar-refractivity contribution in [2.24, 2.45) is 5.73 Å². The van der Waals surface area contributed by atoms with Crippen LogP contribution in [0.4, 0.5) is 0 Å². The molecule has 0 aliphatic rings. The molecule has 6 heteroatoms. The van der Waals surface area contributed by atoms with E-state index in [4.69, 9.17) is 15.2 Å². The Morgan fingerprint density at radius 2 is 1.88 bits per heavy atom. The van der Waals surface area contributed by atoms with Gasteiger partial charge in [0.05, 0.1) is 12.7 Å². The van der Waals surface area contributed by atoms with Gasteiger partial charge >= 0.3 is 0 Å². The maximum atomic E-state index is 13.0. The molecule has 1 atom stereocenters. The van der Waals surface area contributed by atoms with Gasteiger partial charge in [0.25, 0.3) is 5.91 Å². The summed E-state index contributed by atoms with van der Waals surface area (Å²) in [5, 5.41) is 0.839. The standard InChI is InChI=1S/C20H20N2O4/c1-11-18(14-6-4-5-7-16(14)22-11)19(23)12(2)26-17-10-13(25-3)8-9-15(17)20(21)24/h4-10,12,22H,1-3H3,(H2,21,24)/t12-/m0/s1. The number of nitrogens with one attached hydrogen (secondary N) is 1. The van der Waals surface area contributed by atoms with E-state index in [1.165, 1.54) is 13.2 Å². The Balaban J connectivity index is 1.95. The zero-order chi connectivity index (χ0) is 18.8. The Labute approximate surface area is 150 Å².